The zero-order chi connectivity index (χ0) is 12.3. The molecule has 1 aromatic carbocycles. The van der Waals surface area contributed by atoms with E-state index >= 15 is 0 Å². The van der Waals surface area contributed by atoms with E-state index in [-0.39, 0.29) is 0 Å². The third-order valence-electron chi connectivity index (χ3n) is 3.17. The average molecular weight is 294 g/mol. The molecule has 1 aliphatic heterocycles. The lowest BCUT2D eigenvalue weighted by Crippen LogP contribution is -2.19. The van der Waals surface area contributed by atoms with Crippen molar-refractivity contribution in [1.82, 2.24) is 4.90 Å². The molecule has 0 amide bonds. The lowest BCUT2D eigenvalue weighted by Gasteiger charge is -2.13. The van der Waals surface area contributed by atoms with Gasteiger partial charge in [0.05, 0.1) is 11.3 Å². The minimum atomic E-state index is 0.686. The maximum absolute atomic E-state index is 9.03. The number of anilines is 1. The van der Waals surface area contributed by atoms with E-state index in [1.807, 2.05) is 18.2 Å². The van der Waals surface area contributed by atoms with Gasteiger partial charge in [-0.2, -0.15) is 5.26 Å². The van der Waals surface area contributed by atoms with Crippen molar-refractivity contribution in [2.24, 2.45) is 5.92 Å². The van der Waals surface area contributed by atoms with E-state index in [4.69, 9.17) is 5.26 Å². The molecule has 1 unspecified atom stereocenters. The number of rotatable bonds is 3. The van der Waals surface area contributed by atoms with Crippen LogP contribution in [-0.2, 0) is 0 Å². The fraction of sp³-hybridized carbons (Fsp3) is 0.462. The van der Waals surface area contributed by atoms with Gasteiger partial charge in [0.2, 0.25) is 0 Å². The van der Waals surface area contributed by atoms with Gasteiger partial charge in [-0.3, -0.25) is 0 Å². The lowest BCUT2D eigenvalue weighted by molar-refractivity contribution is 0.399. The van der Waals surface area contributed by atoms with E-state index in [1.165, 1.54) is 13.0 Å². The molecule has 0 bridgehead atoms. The summed E-state index contributed by atoms with van der Waals surface area (Å²) in [7, 11) is 2.15. The Bertz CT molecular complexity index is 439. The van der Waals surface area contributed by atoms with Crippen LogP contribution in [0.5, 0.6) is 0 Å². The van der Waals surface area contributed by atoms with Gasteiger partial charge in [-0.15, -0.1) is 0 Å². The molecule has 0 saturated carbocycles. The first-order valence-electron chi connectivity index (χ1n) is 5.81. The molecule has 1 aliphatic rings. The van der Waals surface area contributed by atoms with E-state index in [9.17, 15) is 0 Å². The fourth-order valence-corrected chi connectivity index (χ4v) is 2.57. The maximum Gasteiger partial charge on any atom is 0.101 e. The minimum Gasteiger partial charge on any atom is -0.384 e. The van der Waals surface area contributed by atoms with Crippen LogP contribution in [-0.4, -0.2) is 31.6 Å². The summed E-state index contributed by atoms with van der Waals surface area (Å²) in [4.78, 5) is 2.35. The average Bonchev–Trinajstić information content (AvgIpc) is 2.73. The van der Waals surface area contributed by atoms with Crippen LogP contribution in [0.2, 0.25) is 0 Å². The van der Waals surface area contributed by atoms with Gasteiger partial charge in [-0.1, -0.05) is 15.9 Å². The molecule has 1 N–H and O–H groups in total. The largest absolute Gasteiger partial charge is 0.384 e. The summed E-state index contributed by atoms with van der Waals surface area (Å²) in [5, 5.41) is 12.4. The first-order chi connectivity index (χ1) is 8.19. The zero-order valence-electron chi connectivity index (χ0n) is 9.91. The van der Waals surface area contributed by atoms with Crippen LogP contribution in [0.1, 0.15) is 12.0 Å². The van der Waals surface area contributed by atoms with Crippen LogP contribution in [0.4, 0.5) is 5.69 Å². The standard InChI is InChI=1S/C13H16BrN3/c1-17-5-4-10(9-17)8-16-13-6-12(14)3-2-11(13)7-15/h2-3,6,10,16H,4-5,8-9H2,1H3. The number of nitriles is 1. The second-order valence-electron chi connectivity index (χ2n) is 4.60. The molecular formula is C13H16BrN3. The summed E-state index contributed by atoms with van der Waals surface area (Å²) in [5.41, 5.74) is 1.64. The number of halogens is 1. The minimum absolute atomic E-state index is 0.686. The van der Waals surface area contributed by atoms with Gasteiger partial charge in [0.15, 0.2) is 0 Å². The summed E-state index contributed by atoms with van der Waals surface area (Å²) in [6.45, 7) is 3.26. The molecule has 90 valence electrons. The summed E-state index contributed by atoms with van der Waals surface area (Å²) in [6.07, 6.45) is 1.24. The summed E-state index contributed by atoms with van der Waals surface area (Å²) < 4.78 is 1.00. The summed E-state index contributed by atoms with van der Waals surface area (Å²) >= 11 is 3.43. The first kappa shape index (κ1) is 12.4. The van der Waals surface area contributed by atoms with Crippen molar-refractivity contribution < 1.29 is 0 Å². The van der Waals surface area contributed by atoms with Crippen LogP contribution < -0.4 is 5.32 Å². The third-order valence-corrected chi connectivity index (χ3v) is 3.67. The van der Waals surface area contributed by atoms with Gasteiger partial charge in [-0.05, 0) is 44.1 Å². The van der Waals surface area contributed by atoms with Gasteiger partial charge in [0.1, 0.15) is 6.07 Å². The second-order valence-corrected chi connectivity index (χ2v) is 5.52. The third kappa shape index (κ3) is 3.21. The molecule has 1 aromatic rings. The predicted octanol–water partition coefficient (Wildman–Crippen LogP) is 2.68. The van der Waals surface area contributed by atoms with E-state index in [0.717, 1.165) is 23.2 Å². The molecule has 1 saturated heterocycles. The molecule has 2 rings (SSSR count). The van der Waals surface area contributed by atoms with Gasteiger partial charge in [0, 0.05) is 17.6 Å². The van der Waals surface area contributed by atoms with Crippen LogP contribution in [0, 0.1) is 17.2 Å². The number of nitrogens with zero attached hydrogens (tertiary/aromatic N) is 2. The Balaban J connectivity index is 1.99. The Morgan fingerprint density at radius 1 is 1.59 bits per heavy atom. The zero-order valence-corrected chi connectivity index (χ0v) is 11.5. The topological polar surface area (TPSA) is 39.1 Å². The van der Waals surface area contributed by atoms with Crippen molar-refractivity contribution in [1.29, 1.82) is 5.26 Å². The molecular weight excluding hydrogens is 278 g/mol. The Kier molecular flexibility index (Phi) is 4.03. The molecule has 1 fully saturated rings. The highest BCUT2D eigenvalue weighted by molar-refractivity contribution is 9.10. The number of nitrogens with one attached hydrogen (secondary N) is 1. The molecule has 0 spiro atoms. The number of hydrogen-bond donors (Lipinski definition) is 1. The molecule has 1 heterocycles. The van der Waals surface area contributed by atoms with Crippen molar-refractivity contribution in [3.05, 3.63) is 28.2 Å². The van der Waals surface area contributed by atoms with Crippen molar-refractivity contribution >= 4 is 21.6 Å². The number of hydrogen-bond acceptors (Lipinski definition) is 3. The highest BCUT2D eigenvalue weighted by atomic mass is 79.9. The van der Waals surface area contributed by atoms with Crippen LogP contribution in [0.15, 0.2) is 22.7 Å². The molecule has 0 radical (unpaired) electrons. The smallest absolute Gasteiger partial charge is 0.101 e. The predicted molar refractivity (Wildman–Crippen MR) is 73.0 cm³/mol. The van der Waals surface area contributed by atoms with Crippen molar-refractivity contribution in [2.45, 2.75) is 6.42 Å². The quantitative estimate of drug-likeness (QED) is 0.931. The molecule has 3 nitrogen and oxygen atoms in total. The SMILES string of the molecule is CN1CCC(CNc2cc(Br)ccc2C#N)C1. The van der Waals surface area contributed by atoms with Gasteiger partial charge in [0.25, 0.3) is 0 Å². The Hall–Kier alpha value is -1.05. The van der Waals surface area contributed by atoms with E-state index < -0.39 is 0 Å². The first-order valence-corrected chi connectivity index (χ1v) is 6.60. The number of benzene rings is 1. The molecule has 4 heteroatoms. The summed E-state index contributed by atoms with van der Waals surface area (Å²) in [6, 6.07) is 7.92. The van der Waals surface area contributed by atoms with Crippen molar-refractivity contribution in [2.75, 3.05) is 32.0 Å². The summed E-state index contributed by atoms with van der Waals surface area (Å²) in [5.74, 6) is 0.686. The normalized spacial score (nSPS) is 20.2. The second kappa shape index (κ2) is 5.52. The molecule has 0 aromatic heterocycles. The van der Waals surface area contributed by atoms with Crippen LogP contribution in [0.3, 0.4) is 0 Å². The highest BCUT2D eigenvalue weighted by Gasteiger charge is 2.19. The molecule has 1 atom stereocenters. The van der Waals surface area contributed by atoms with E-state index in [2.05, 4.69) is 39.3 Å². The Labute approximate surface area is 111 Å². The van der Waals surface area contributed by atoms with E-state index in [1.54, 1.807) is 0 Å². The Morgan fingerprint density at radius 3 is 3.06 bits per heavy atom. The van der Waals surface area contributed by atoms with E-state index in [0.29, 0.717) is 11.5 Å². The van der Waals surface area contributed by atoms with Crippen LogP contribution >= 0.6 is 15.9 Å². The molecule has 0 aliphatic carbocycles. The van der Waals surface area contributed by atoms with Crippen molar-refractivity contribution in [3.8, 4) is 6.07 Å². The highest BCUT2D eigenvalue weighted by Crippen LogP contribution is 2.22. The lowest BCUT2D eigenvalue weighted by atomic mass is 10.1. The van der Waals surface area contributed by atoms with Crippen molar-refractivity contribution in [3.63, 3.8) is 0 Å². The van der Waals surface area contributed by atoms with Crippen LogP contribution in [0.25, 0.3) is 0 Å². The van der Waals surface area contributed by atoms with Gasteiger partial charge >= 0.3 is 0 Å². The Morgan fingerprint density at radius 2 is 2.41 bits per heavy atom. The monoisotopic (exact) mass is 293 g/mol. The maximum atomic E-state index is 9.03. The van der Waals surface area contributed by atoms with Gasteiger partial charge < -0.3 is 10.2 Å². The molecule has 17 heavy (non-hydrogen) atoms. The number of likely N-dealkylation sites (tertiary alicyclic amines) is 1. The fourth-order valence-electron chi connectivity index (χ4n) is 2.21. The van der Waals surface area contributed by atoms with Gasteiger partial charge in [-0.25, -0.2) is 0 Å².